The Kier molecular flexibility index (Phi) is 7.09. The van der Waals surface area contributed by atoms with Crippen molar-refractivity contribution in [1.82, 2.24) is 0 Å². The van der Waals surface area contributed by atoms with Crippen LogP contribution < -0.4 is 12.4 Å². The molecule has 0 aliphatic rings. The van der Waals surface area contributed by atoms with Gasteiger partial charge in [-0.1, -0.05) is 30.3 Å². The van der Waals surface area contributed by atoms with E-state index in [0.29, 0.717) is 6.54 Å². The van der Waals surface area contributed by atoms with Gasteiger partial charge in [-0.15, -0.1) is 0 Å². The second-order valence-electron chi connectivity index (χ2n) is 4.24. The Morgan fingerprint density at radius 2 is 1.47 bits per heavy atom. The summed E-state index contributed by atoms with van der Waals surface area (Å²) in [4.78, 5) is 12.1. The molecule has 0 amide bonds. The van der Waals surface area contributed by atoms with Gasteiger partial charge < -0.3 is 16.9 Å². The van der Waals surface area contributed by atoms with Crippen molar-refractivity contribution in [2.24, 2.45) is 0 Å². The van der Waals surface area contributed by atoms with E-state index < -0.39 is 0 Å². The lowest BCUT2D eigenvalue weighted by Crippen LogP contribution is -3.00. The van der Waals surface area contributed by atoms with E-state index in [1.807, 2.05) is 30.3 Å². The SMILES string of the molecule is CC[N+](CC)(CC)CC(=O)c1ccccc1.[Cl-]. The predicted molar refractivity (Wildman–Crippen MR) is 67.5 cm³/mol. The lowest BCUT2D eigenvalue weighted by molar-refractivity contribution is -0.915. The van der Waals surface area contributed by atoms with Gasteiger partial charge in [0.15, 0.2) is 0 Å². The molecule has 96 valence electrons. The highest BCUT2D eigenvalue weighted by Crippen LogP contribution is 2.09. The lowest BCUT2D eigenvalue weighted by atomic mass is 10.1. The zero-order valence-corrected chi connectivity index (χ0v) is 11.7. The van der Waals surface area contributed by atoms with E-state index in [1.165, 1.54) is 0 Å². The van der Waals surface area contributed by atoms with Crippen LogP contribution in [0, 0.1) is 0 Å². The largest absolute Gasteiger partial charge is 1.00 e. The van der Waals surface area contributed by atoms with Crippen molar-refractivity contribution in [1.29, 1.82) is 0 Å². The van der Waals surface area contributed by atoms with Crippen LogP contribution in [0.1, 0.15) is 31.1 Å². The maximum atomic E-state index is 12.1. The Balaban J connectivity index is 0.00000256. The third kappa shape index (κ3) is 4.14. The van der Waals surface area contributed by atoms with Crippen molar-refractivity contribution in [2.75, 3.05) is 26.2 Å². The van der Waals surface area contributed by atoms with E-state index in [-0.39, 0.29) is 18.2 Å². The molecule has 0 spiro atoms. The van der Waals surface area contributed by atoms with Crippen molar-refractivity contribution in [3.63, 3.8) is 0 Å². The molecule has 0 aliphatic carbocycles. The molecule has 0 N–H and O–H groups in total. The smallest absolute Gasteiger partial charge is 0.216 e. The average Bonchev–Trinajstić information content (AvgIpc) is 2.37. The molecule has 3 heteroatoms. The van der Waals surface area contributed by atoms with Gasteiger partial charge in [-0.05, 0) is 20.8 Å². The molecular formula is C14H22ClNO. The number of hydrogen-bond donors (Lipinski definition) is 0. The van der Waals surface area contributed by atoms with Gasteiger partial charge in [-0.2, -0.15) is 0 Å². The summed E-state index contributed by atoms with van der Waals surface area (Å²) in [6.07, 6.45) is 0. The summed E-state index contributed by atoms with van der Waals surface area (Å²) in [5, 5.41) is 0. The average molecular weight is 256 g/mol. The van der Waals surface area contributed by atoms with E-state index >= 15 is 0 Å². The van der Waals surface area contributed by atoms with Gasteiger partial charge in [0.2, 0.25) is 5.78 Å². The first-order valence-corrected chi connectivity index (χ1v) is 6.10. The molecule has 0 atom stereocenters. The highest BCUT2D eigenvalue weighted by Gasteiger charge is 2.25. The number of quaternary nitrogens is 1. The van der Waals surface area contributed by atoms with Gasteiger partial charge in [0.05, 0.1) is 19.6 Å². The quantitative estimate of drug-likeness (QED) is 0.506. The van der Waals surface area contributed by atoms with Crippen molar-refractivity contribution >= 4 is 5.78 Å². The van der Waals surface area contributed by atoms with Crippen molar-refractivity contribution in [3.05, 3.63) is 35.9 Å². The van der Waals surface area contributed by atoms with Gasteiger partial charge >= 0.3 is 0 Å². The fourth-order valence-corrected chi connectivity index (χ4v) is 2.03. The molecule has 0 aliphatic heterocycles. The van der Waals surface area contributed by atoms with Crippen molar-refractivity contribution in [3.8, 4) is 0 Å². The molecule has 0 heterocycles. The summed E-state index contributed by atoms with van der Waals surface area (Å²) in [5.41, 5.74) is 0.834. The molecule has 0 fully saturated rings. The number of nitrogens with zero attached hydrogens (tertiary/aromatic N) is 1. The molecule has 0 saturated heterocycles. The molecule has 0 aromatic heterocycles. The molecule has 0 saturated carbocycles. The first-order valence-electron chi connectivity index (χ1n) is 6.10. The molecule has 0 radical (unpaired) electrons. The van der Waals surface area contributed by atoms with Crippen LogP contribution in [0.4, 0.5) is 0 Å². The van der Waals surface area contributed by atoms with E-state index in [0.717, 1.165) is 29.7 Å². The standard InChI is InChI=1S/C14H22NO.ClH/c1-4-15(5-2,6-3)12-14(16)13-10-8-7-9-11-13;/h7-11H,4-6,12H2,1-3H3;1H/q+1;/p-1. The minimum Gasteiger partial charge on any atom is -1.00 e. The summed E-state index contributed by atoms with van der Waals surface area (Å²) in [7, 11) is 0. The molecule has 2 nitrogen and oxygen atoms in total. The van der Waals surface area contributed by atoms with Gasteiger partial charge in [0, 0.05) is 5.56 Å². The van der Waals surface area contributed by atoms with Crippen LogP contribution in [0.2, 0.25) is 0 Å². The summed E-state index contributed by atoms with van der Waals surface area (Å²) < 4.78 is 0.883. The molecule has 0 bridgehead atoms. The number of carbonyl (C=O) groups excluding carboxylic acids is 1. The normalized spacial score (nSPS) is 10.8. The van der Waals surface area contributed by atoms with Crippen LogP contribution >= 0.6 is 0 Å². The second kappa shape index (κ2) is 7.46. The molecule has 1 rings (SSSR count). The number of carbonyl (C=O) groups is 1. The minimum atomic E-state index is 0. The van der Waals surface area contributed by atoms with Crippen molar-refractivity contribution < 1.29 is 21.7 Å². The number of rotatable bonds is 6. The van der Waals surface area contributed by atoms with E-state index in [9.17, 15) is 4.79 Å². The lowest BCUT2D eigenvalue weighted by Gasteiger charge is -2.35. The van der Waals surface area contributed by atoms with Crippen molar-refractivity contribution in [2.45, 2.75) is 20.8 Å². The molecule has 0 unspecified atom stereocenters. The van der Waals surface area contributed by atoms with E-state index in [2.05, 4.69) is 20.8 Å². The molecule has 1 aromatic carbocycles. The number of hydrogen-bond acceptors (Lipinski definition) is 1. The Morgan fingerprint density at radius 1 is 1.00 bits per heavy atom. The van der Waals surface area contributed by atoms with Crippen LogP contribution in [0.15, 0.2) is 30.3 Å². The third-order valence-electron chi connectivity index (χ3n) is 3.59. The number of likely N-dealkylation sites (N-methyl/N-ethyl adjacent to an activating group) is 1. The number of halogens is 1. The number of benzene rings is 1. The summed E-state index contributed by atoms with van der Waals surface area (Å²) >= 11 is 0. The highest BCUT2D eigenvalue weighted by atomic mass is 35.5. The monoisotopic (exact) mass is 255 g/mol. The highest BCUT2D eigenvalue weighted by molar-refractivity contribution is 5.96. The van der Waals surface area contributed by atoms with Crippen LogP contribution in [-0.2, 0) is 0 Å². The fourth-order valence-electron chi connectivity index (χ4n) is 2.03. The van der Waals surface area contributed by atoms with E-state index in [4.69, 9.17) is 0 Å². The van der Waals surface area contributed by atoms with Gasteiger partial charge in [0.1, 0.15) is 6.54 Å². The third-order valence-corrected chi connectivity index (χ3v) is 3.59. The maximum absolute atomic E-state index is 12.1. The summed E-state index contributed by atoms with van der Waals surface area (Å²) in [5.74, 6) is 0.256. The zero-order valence-electron chi connectivity index (χ0n) is 10.9. The fraction of sp³-hybridized carbons (Fsp3) is 0.500. The molecule has 17 heavy (non-hydrogen) atoms. The number of ketones is 1. The summed E-state index contributed by atoms with van der Waals surface area (Å²) in [6, 6.07) is 9.59. The Labute approximate surface area is 111 Å². The second-order valence-corrected chi connectivity index (χ2v) is 4.24. The maximum Gasteiger partial charge on any atom is 0.216 e. The van der Waals surface area contributed by atoms with Crippen LogP contribution in [0.25, 0.3) is 0 Å². The zero-order chi connectivity index (χ0) is 12.0. The van der Waals surface area contributed by atoms with Gasteiger partial charge in [-0.25, -0.2) is 0 Å². The first-order chi connectivity index (χ1) is 7.67. The Morgan fingerprint density at radius 3 is 1.88 bits per heavy atom. The Hall–Kier alpha value is -0.860. The van der Waals surface area contributed by atoms with Gasteiger partial charge in [-0.3, -0.25) is 4.79 Å². The van der Waals surface area contributed by atoms with E-state index in [1.54, 1.807) is 0 Å². The first kappa shape index (κ1) is 16.1. The minimum absolute atomic E-state index is 0. The predicted octanol–water partition coefficient (Wildman–Crippen LogP) is -0.250. The number of Topliss-reactive ketones (excluding diaryl/α,β-unsaturated/α-hetero) is 1. The van der Waals surface area contributed by atoms with Gasteiger partial charge in [0.25, 0.3) is 0 Å². The Bertz CT molecular complexity index is 325. The van der Waals surface area contributed by atoms with Crippen LogP contribution in [0.5, 0.6) is 0 Å². The molecular weight excluding hydrogens is 234 g/mol. The summed E-state index contributed by atoms with van der Waals surface area (Å²) in [6.45, 7) is 10.2. The topological polar surface area (TPSA) is 17.1 Å². The molecule has 1 aromatic rings. The van der Waals surface area contributed by atoms with Crippen LogP contribution in [0.3, 0.4) is 0 Å². The van der Waals surface area contributed by atoms with Crippen LogP contribution in [-0.4, -0.2) is 36.4 Å².